The Morgan fingerprint density at radius 3 is 2.31 bits per heavy atom. The molecule has 1 amide bonds. The first-order valence-electron chi connectivity index (χ1n) is 9.35. The number of ether oxygens (including phenoxy) is 1. The van der Waals surface area contributed by atoms with Gasteiger partial charge in [-0.05, 0) is 43.3 Å². The van der Waals surface area contributed by atoms with Gasteiger partial charge in [-0.3, -0.25) is 14.2 Å². The van der Waals surface area contributed by atoms with Crippen molar-refractivity contribution in [1.82, 2.24) is 4.57 Å². The van der Waals surface area contributed by atoms with E-state index in [4.69, 9.17) is 38.9 Å². The molecular weight excluding hydrogens is 455 g/mol. The average molecular weight is 475 g/mol. The van der Waals surface area contributed by atoms with Crippen LogP contribution in [0.25, 0.3) is 10.9 Å². The Balaban J connectivity index is 0.000000244. The van der Waals surface area contributed by atoms with Crippen molar-refractivity contribution in [2.45, 2.75) is 20.8 Å². The van der Waals surface area contributed by atoms with Crippen molar-refractivity contribution in [2.24, 2.45) is 0 Å². The molecule has 0 bridgehead atoms. The van der Waals surface area contributed by atoms with Gasteiger partial charge in [0.2, 0.25) is 11.8 Å². The number of anilines is 2. The zero-order valence-corrected chi connectivity index (χ0v) is 19.0. The third-order valence-electron chi connectivity index (χ3n) is 4.17. The van der Waals surface area contributed by atoms with Gasteiger partial charge >= 0.3 is 5.97 Å². The number of fused-ring (bicyclic) bond motifs is 1. The Hall–Kier alpha value is -3.54. The molecular formula is C22H20Cl2N4O4. The molecule has 3 aromatic rings. The second kappa shape index (κ2) is 10.7. The first-order valence-corrected chi connectivity index (χ1v) is 10.1. The van der Waals surface area contributed by atoms with Crippen LogP contribution in [0.2, 0.25) is 10.0 Å². The predicted molar refractivity (Wildman–Crippen MR) is 124 cm³/mol. The summed E-state index contributed by atoms with van der Waals surface area (Å²) in [6.45, 7) is 4.62. The van der Waals surface area contributed by atoms with Gasteiger partial charge < -0.3 is 15.8 Å². The van der Waals surface area contributed by atoms with Gasteiger partial charge in [0.25, 0.3) is 0 Å². The van der Waals surface area contributed by atoms with Crippen LogP contribution >= 0.6 is 23.2 Å². The van der Waals surface area contributed by atoms with E-state index in [-0.39, 0.29) is 29.8 Å². The molecule has 1 heterocycles. The second-order valence-electron chi connectivity index (χ2n) is 6.48. The average Bonchev–Trinajstić information content (AvgIpc) is 3.00. The van der Waals surface area contributed by atoms with E-state index < -0.39 is 5.97 Å². The Morgan fingerprint density at radius 1 is 1.12 bits per heavy atom. The van der Waals surface area contributed by atoms with Gasteiger partial charge in [-0.2, -0.15) is 5.26 Å². The molecule has 0 unspecified atom stereocenters. The number of esters is 1. The minimum absolute atomic E-state index is 0.0478. The third kappa shape index (κ3) is 5.58. The Morgan fingerprint density at radius 2 is 1.75 bits per heavy atom. The van der Waals surface area contributed by atoms with E-state index in [9.17, 15) is 14.4 Å². The van der Waals surface area contributed by atoms with Crippen molar-refractivity contribution >= 4 is 63.3 Å². The molecule has 0 saturated heterocycles. The molecule has 0 spiro atoms. The number of nitrogens with zero attached hydrogens (tertiary/aromatic N) is 2. The fourth-order valence-electron chi connectivity index (χ4n) is 2.92. The van der Waals surface area contributed by atoms with Crippen LogP contribution in [0.3, 0.4) is 0 Å². The maximum absolute atomic E-state index is 11.9. The number of rotatable bonds is 3. The lowest BCUT2D eigenvalue weighted by atomic mass is 10.2. The number of nitrogens with one attached hydrogen (secondary N) is 1. The number of nitrogens with two attached hydrogens (primary N) is 1. The van der Waals surface area contributed by atoms with Crippen molar-refractivity contribution in [1.29, 1.82) is 5.26 Å². The number of hydrogen-bond acceptors (Lipinski definition) is 6. The maximum atomic E-state index is 11.9. The predicted octanol–water partition coefficient (Wildman–Crippen LogP) is 4.88. The van der Waals surface area contributed by atoms with E-state index in [1.54, 1.807) is 43.3 Å². The molecule has 2 aromatic carbocycles. The number of carbonyl (C=O) groups is 3. The number of benzene rings is 2. The number of aromatic nitrogens is 1. The summed E-state index contributed by atoms with van der Waals surface area (Å²) in [5, 5.41) is 12.7. The van der Waals surface area contributed by atoms with Gasteiger partial charge in [0.05, 0.1) is 29.1 Å². The molecule has 3 N–H and O–H groups in total. The number of amides is 1. The van der Waals surface area contributed by atoms with Crippen LogP contribution in [-0.4, -0.2) is 29.0 Å². The largest absolute Gasteiger partial charge is 0.461 e. The van der Waals surface area contributed by atoms with Crippen molar-refractivity contribution in [3.05, 3.63) is 57.7 Å². The molecule has 0 fully saturated rings. The molecule has 8 nitrogen and oxygen atoms in total. The van der Waals surface area contributed by atoms with E-state index in [0.29, 0.717) is 32.2 Å². The van der Waals surface area contributed by atoms with Crippen LogP contribution in [0, 0.1) is 11.3 Å². The fourth-order valence-corrected chi connectivity index (χ4v) is 3.26. The number of halogens is 2. The first kappa shape index (κ1) is 24.7. The Bertz CT molecular complexity index is 1240. The van der Waals surface area contributed by atoms with Crippen LogP contribution < -0.4 is 11.1 Å². The fraction of sp³-hybridized carbons (Fsp3) is 0.182. The van der Waals surface area contributed by atoms with Crippen molar-refractivity contribution in [2.75, 3.05) is 17.7 Å². The molecule has 166 valence electrons. The molecule has 0 aliphatic rings. The molecule has 0 aliphatic carbocycles. The van der Waals surface area contributed by atoms with Gasteiger partial charge in [0.15, 0.2) is 5.69 Å². The SMILES string of the molecule is CC(=O)Nc1cc(Cl)ccc1C#N.CCOC(=O)c1c(N)c2ccc(Cl)cc2n1C(C)=O. The summed E-state index contributed by atoms with van der Waals surface area (Å²) in [4.78, 5) is 34.4. The molecule has 0 saturated carbocycles. The normalized spacial score (nSPS) is 10.0. The molecule has 0 atom stereocenters. The van der Waals surface area contributed by atoms with Crippen LogP contribution in [0.15, 0.2) is 36.4 Å². The highest BCUT2D eigenvalue weighted by Gasteiger charge is 2.24. The quantitative estimate of drug-likeness (QED) is 0.520. The summed E-state index contributed by atoms with van der Waals surface area (Å²) in [6, 6.07) is 11.6. The van der Waals surface area contributed by atoms with Crippen LogP contribution in [0.1, 0.15) is 41.6 Å². The summed E-state index contributed by atoms with van der Waals surface area (Å²) in [7, 11) is 0. The zero-order chi connectivity index (χ0) is 24.0. The minimum atomic E-state index is -0.623. The van der Waals surface area contributed by atoms with Gasteiger partial charge in [-0.15, -0.1) is 0 Å². The zero-order valence-electron chi connectivity index (χ0n) is 17.5. The van der Waals surface area contributed by atoms with E-state index in [2.05, 4.69) is 5.32 Å². The smallest absolute Gasteiger partial charge is 0.357 e. The van der Waals surface area contributed by atoms with E-state index in [1.807, 2.05) is 6.07 Å². The van der Waals surface area contributed by atoms with Crippen LogP contribution in [0.5, 0.6) is 0 Å². The second-order valence-corrected chi connectivity index (χ2v) is 7.35. The van der Waals surface area contributed by atoms with Gasteiger partial charge in [-0.25, -0.2) is 4.79 Å². The summed E-state index contributed by atoms with van der Waals surface area (Å²) in [5.41, 5.74) is 7.56. The molecule has 1 aromatic heterocycles. The van der Waals surface area contributed by atoms with Gasteiger partial charge in [0.1, 0.15) is 6.07 Å². The monoisotopic (exact) mass is 474 g/mol. The van der Waals surface area contributed by atoms with E-state index >= 15 is 0 Å². The minimum Gasteiger partial charge on any atom is -0.461 e. The van der Waals surface area contributed by atoms with E-state index in [1.165, 1.54) is 18.4 Å². The number of nitrogen functional groups attached to an aromatic ring is 1. The lowest BCUT2D eigenvalue weighted by Gasteiger charge is -2.06. The molecule has 3 rings (SSSR count). The summed E-state index contributed by atoms with van der Waals surface area (Å²) in [6.07, 6.45) is 0. The lowest BCUT2D eigenvalue weighted by molar-refractivity contribution is -0.114. The summed E-state index contributed by atoms with van der Waals surface area (Å²) >= 11 is 11.6. The highest BCUT2D eigenvalue weighted by atomic mass is 35.5. The Labute approximate surface area is 194 Å². The van der Waals surface area contributed by atoms with Crippen LogP contribution in [0.4, 0.5) is 11.4 Å². The van der Waals surface area contributed by atoms with E-state index in [0.717, 1.165) is 0 Å². The highest BCUT2D eigenvalue weighted by Crippen LogP contribution is 2.31. The third-order valence-corrected chi connectivity index (χ3v) is 4.64. The molecule has 0 aliphatic heterocycles. The molecule has 10 heteroatoms. The summed E-state index contributed by atoms with van der Waals surface area (Å²) in [5.74, 6) is -1.17. The van der Waals surface area contributed by atoms with Crippen LogP contribution in [-0.2, 0) is 9.53 Å². The lowest BCUT2D eigenvalue weighted by Crippen LogP contribution is -2.17. The van der Waals surface area contributed by atoms with Crippen molar-refractivity contribution < 1.29 is 19.1 Å². The molecule has 32 heavy (non-hydrogen) atoms. The first-order chi connectivity index (χ1) is 15.1. The summed E-state index contributed by atoms with van der Waals surface area (Å²) < 4.78 is 6.17. The van der Waals surface area contributed by atoms with Gasteiger partial charge in [-0.1, -0.05) is 23.2 Å². The number of hydrogen-bond donors (Lipinski definition) is 2. The number of carbonyl (C=O) groups excluding carboxylic acids is 3. The van der Waals surface area contributed by atoms with Gasteiger partial charge in [0, 0.05) is 29.3 Å². The van der Waals surface area contributed by atoms with Crippen molar-refractivity contribution in [3.63, 3.8) is 0 Å². The topological polar surface area (TPSA) is 127 Å². The standard InChI is InChI=1S/C13H13ClN2O3.C9H7ClN2O/c1-3-19-13(18)12-11(15)9-5-4-8(14)6-10(9)16(12)7(2)17;1-6(13)12-9-4-8(10)3-2-7(9)5-11/h4-6H,3,15H2,1-2H3;2-4H,1H3,(H,12,13). The number of nitriles is 1. The highest BCUT2D eigenvalue weighted by molar-refractivity contribution is 6.31. The maximum Gasteiger partial charge on any atom is 0.357 e. The Kier molecular flexibility index (Phi) is 8.24. The van der Waals surface area contributed by atoms with Crippen molar-refractivity contribution in [3.8, 4) is 6.07 Å². The molecule has 0 radical (unpaired) electrons.